The quantitative estimate of drug-likeness (QED) is 0.477. The van der Waals surface area contributed by atoms with Crippen LogP contribution in [0, 0.1) is 6.92 Å². The summed E-state index contributed by atoms with van der Waals surface area (Å²) in [5, 5.41) is 0. The second kappa shape index (κ2) is 9.26. The van der Waals surface area contributed by atoms with Crippen LogP contribution in [-0.2, 0) is 4.79 Å². The maximum absolute atomic E-state index is 14.1. The van der Waals surface area contributed by atoms with Gasteiger partial charge in [-0.15, -0.1) is 0 Å². The number of aryl methyl sites for hydroxylation is 1. The summed E-state index contributed by atoms with van der Waals surface area (Å²) in [7, 11) is 0. The van der Waals surface area contributed by atoms with Crippen molar-refractivity contribution in [2.24, 2.45) is 0 Å². The summed E-state index contributed by atoms with van der Waals surface area (Å²) in [4.78, 5) is 44.6. The van der Waals surface area contributed by atoms with Gasteiger partial charge in [-0.05, 0) is 55.7 Å². The second-order valence-corrected chi connectivity index (χ2v) is 9.17. The van der Waals surface area contributed by atoms with Gasteiger partial charge in [0.25, 0.3) is 17.7 Å². The van der Waals surface area contributed by atoms with Crippen molar-refractivity contribution in [2.75, 3.05) is 4.90 Å². The van der Waals surface area contributed by atoms with E-state index in [1.54, 1.807) is 29.2 Å². The molecule has 0 spiro atoms. The molecule has 5 rings (SSSR count). The molecule has 1 atom stereocenters. The van der Waals surface area contributed by atoms with Gasteiger partial charge in [0.2, 0.25) is 0 Å². The van der Waals surface area contributed by atoms with E-state index in [0.717, 1.165) is 37.7 Å². The van der Waals surface area contributed by atoms with Crippen molar-refractivity contribution in [3.05, 3.63) is 101 Å². The smallest absolute Gasteiger partial charge is 0.261 e. The molecule has 0 radical (unpaired) electrons. The minimum atomic E-state index is -0.911. The van der Waals surface area contributed by atoms with E-state index < -0.39 is 6.04 Å². The number of fused-ring (bicyclic) bond motifs is 1. The normalized spacial score (nSPS) is 18.5. The van der Waals surface area contributed by atoms with Gasteiger partial charge in [-0.1, -0.05) is 73.4 Å². The third-order valence-corrected chi connectivity index (χ3v) is 6.93. The number of amides is 3. The molecule has 5 nitrogen and oxygen atoms in total. The molecule has 2 aliphatic rings. The minimum Gasteiger partial charge on any atom is -0.292 e. The number of carbonyl (C=O) groups excluding carboxylic acids is 3. The largest absolute Gasteiger partial charge is 0.292 e. The van der Waals surface area contributed by atoms with E-state index in [4.69, 9.17) is 0 Å². The summed E-state index contributed by atoms with van der Waals surface area (Å²) in [6.45, 7) is 1.98. The third-order valence-electron chi connectivity index (χ3n) is 6.93. The maximum atomic E-state index is 14.1. The van der Waals surface area contributed by atoms with Crippen LogP contribution in [0.2, 0.25) is 0 Å². The van der Waals surface area contributed by atoms with Crippen molar-refractivity contribution < 1.29 is 14.4 Å². The molecule has 0 aromatic heterocycles. The molecule has 1 aliphatic carbocycles. The van der Waals surface area contributed by atoms with Gasteiger partial charge in [0, 0.05) is 22.9 Å². The summed E-state index contributed by atoms with van der Waals surface area (Å²) in [5.41, 5.74) is 3.26. The van der Waals surface area contributed by atoms with Gasteiger partial charge in [-0.2, -0.15) is 0 Å². The number of hydrogen-bond acceptors (Lipinski definition) is 3. The van der Waals surface area contributed by atoms with Gasteiger partial charge in [0.15, 0.2) is 0 Å². The fourth-order valence-corrected chi connectivity index (χ4v) is 5.17. The molecule has 1 fully saturated rings. The Balaban J connectivity index is 1.67. The zero-order valence-corrected chi connectivity index (χ0v) is 19.3. The molecule has 1 unspecified atom stereocenters. The van der Waals surface area contributed by atoms with Gasteiger partial charge in [0.05, 0.1) is 0 Å². The first-order chi connectivity index (χ1) is 16.6. The van der Waals surface area contributed by atoms with E-state index in [1.165, 1.54) is 4.90 Å². The lowest BCUT2D eigenvalue weighted by Crippen LogP contribution is -2.55. The van der Waals surface area contributed by atoms with Crippen LogP contribution in [-0.4, -0.2) is 28.7 Å². The number of hydrogen-bond donors (Lipinski definition) is 0. The van der Waals surface area contributed by atoms with Crippen LogP contribution in [0.5, 0.6) is 0 Å². The molecule has 5 heteroatoms. The zero-order valence-electron chi connectivity index (χ0n) is 19.3. The Bertz CT molecular complexity index is 1210. The van der Waals surface area contributed by atoms with Gasteiger partial charge in [-0.3, -0.25) is 24.2 Å². The predicted molar refractivity (Wildman–Crippen MR) is 132 cm³/mol. The average Bonchev–Trinajstić information content (AvgIpc) is 2.88. The lowest BCUT2D eigenvalue weighted by Gasteiger charge is -2.42. The van der Waals surface area contributed by atoms with E-state index in [1.807, 2.05) is 61.5 Å². The third kappa shape index (κ3) is 3.92. The van der Waals surface area contributed by atoms with Crippen LogP contribution in [0.25, 0.3) is 0 Å². The van der Waals surface area contributed by atoms with Crippen molar-refractivity contribution in [3.8, 4) is 0 Å². The lowest BCUT2D eigenvalue weighted by molar-refractivity contribution is -0.133. The minimum absolute atomic E-state index is 0.128. The molecular weight excluding hydrogens is 424 g/mol. The van der Waals surface area contributed by atoms with Crippen molar-refractivity contribution in [2.45, 2.75) is 51.1 Å². The molecule has 3 aromatic rings. The Labute approximate surface area is 200 Å². The Morgan fingerprint density at radius 3 is 2.18 bits per heavy atom. The summed E-state index contributed by atoms with van der Waals surface area (Å²) in [6.07, 6.45) is 4.74. The number of anilines is 1. The lowest BCUT2D eigenvalue weighted by atomic mass is 9.87. The molecule has 0 saturated heterocycles. The number of benzene rings is 3. The number of nitrogens with zero attached hydrogens (tertiary/aromatic N) is 2. The van der Waals surface area contributed by atoms with Crippen LogP contribution in [0.15, 0.2) is 78.9 Å². The first kappa shape index (κ1) is 22.1. The fraction of sp³-hybridized carbons (Fsp3) is 0.276. The van der Waals surface area contributed by atoms with Crippen LogP contribution in [0.4, 0.5) is 5.69 Å². The summed E-state index contributed by atoms with van der Waals surface area (Å²) < 4.78 is 0. The standard InChI is InChI=1S/C29H28N2O3/c1-20-16-18-23(19-17-20)30(27(32)21-10-4-2-5-11-21)26-24-14-8-9-15-25(24)28(33)31(29(26)34)22-12-6-3-7-13-22/h2,4-5,8-11,14-19,22,26H,3,6-7,12-13H2,1H3. The number of imide groups is 1. The average molecular weight is 453 g/mol. The van der Waals surface area contributed by atoms with Crippen LogP contribution < -0.4 is 4.90 Å². The Kier molecular flexibility index (Phi) is 6.01. The van der Waals surface area contributed by atoms with Crippen molar-refractivity contribution in [3.63, 3.8) is 0 Å². The van der Waals surface area contributed by atoms with E-state index in [9.17, 15) is 14.4 Å². The zero-order chi connectivity index (χ0) is 23.7. The first-order valence-electron chi connectivity index (χ1n) is 12.0. The summed E-state index contributed by atoms with van der Waals surface area (Å²) in [5.74, 6) is -0.837. The second-order valence-electron chi connectivity index (χ2n) is 9.17. The van der Waals surface area contributed by atoms with Gasteiger partial charge in [0.1, 0.15) is 6.04 Å². The van der Waals surface area contributed by atoms with E-state index in [-0.39, 0.29) is 23.8 Å². The van der Waals surface area contributed by atoms with E-state index >= 15 is 0 Å². The highest BCUT2D eigenvalue weighted by Gasteiger charge is 2.46. The molecule has 3 amide bonds. The SMILES string of the molecule is Cc1ccc(N(C(=O)c2ccccc2)C2C(=O)N(C3CCCCC3)C(=O)c3ccccc32)cc1. The van der Waals surface area contributed by atoms with Crippen LogP contribution in [0.1, 0.15) is 70.0 Å². The fourth-order valence-electron chi connectivity index (χ4n) is 5.17. The molecule has 1 heterocycles. The van der Waals surface area contributed by atoms with E-state index in [2.05, 4.69) is 0 Å². The van der Waals surface area contributed by atoms with E-state index in [0.29, 0.717) is 22.4 Å². The topological polar surface area (TPSA) is 57.7 Å². The predicted octanol–water partition coefficient (Wildman–Crippen LogP) is 5.70. The van der Waals surface area contributed by atoms with Gasteiger partial charge < -0.3 is 0 Å². The molecule has 0 N–H and O–H groups in total. The highest BCUT2D eigenvalue weighted by molar-refractivity contribution is 6.17. The number of rotatable bonds is 4. The molecule has 1 saturated carbocycles. The Morgan fingerprint density at radius 1 is 0.824 bits per heavy atom. The molecular formula is C29H28N2O3. The highest BCUT2D eigenvalue weighted by atomic mass is 16.2. The Morgan fingerprint density at radius 2 is 1.47 bits per heavy atom. The molecule has 3 aromatic carbocycles. The monoisotopic (exact) mass is 452 g/mol. The molecule has 0 bridgehead atoms. The highest BCUT2D eigenvalue weighted by Crippen LogP contribution is 2.39. The first-order valence-corrected chi connectivity index (χ1v) is 12.0. The van der Waals surface area contributed by atoms with Crippen molar-refractivity contribution >= 4 is 23.4 Å². The summed E-state index contributed by atoms with van der Waals surface area (Å²) in [6, 6.07) is 22.8. The summed E-state index contributed by atoms with van der Waals surface area (Å²) >= 11 is 0. The van der Waals surface area contributed by atoms with Gasteiger partial charge >= 0.3 is 0 Å². The molecule has 34 heavy (non-hydrogen) atoms. The molecule has 172 valence electrons. The Hall–Kier alpha value is -3.73. The molecule has 1 aliphatic heterocycles. The van der Waals surface area contributed by atoms with Crippen molar-refractivity contribution in [1.82, 2.24) is 4.90 Å². The van der Waals surface area contributed by atoms with Crippen molar-refractivity contribution in [1.29, 1.82) is 0 Å². The maximum Gasteiger partial charge on any atom is 0.261 e. The van der Waals surface area contributed by atoms with Gasteiger partial charge in [-0.25, -0.2) is 0 Å². The van der Waals surface area contributed by atoms with Crippen LogP contribution >= 0.6 is 0 Å². The van der Waals surface area contributed by atoms with Crippen LogP contribution in [0.3, 0.4) is 0 Å². The number of carbonyl (C=O) groups is 3.